The number of nitrogens with one attached hydrogen (secondary N) is 1. The van der Waals surface area contributed by atoms with Crippen molar-refractivity contribution >= 4 is 17.7 Å². The van der Waals surface area contributed by atoms with Gasteiger partial charge in [0.2, 0.25) is 5.91 Å². The van der Waals surface area contributed by atoms with Crippen LogP contribution in [-0.4, -0.2) is 72.0 Å². The van der Waals surface area contributed by atoms with E-state index < -0.39 is 0 Å². The van der Waals surface area contributed by atoms with Gasteiger partial charge in [0, 0.05) is 56.2 Å². The lowest BCUT2D eigenvalue weighted by Gasteiger charge is -2.40. The number of hydrogen-bond acceptors (Lipinski definition) is 4. The van der Waals surface area contributed by atoms with E-state index in [9.17, 15) is 4.79 Å². The Morgan fingerprint density at radius 2 is 2.13 bits per heavy atom. The fourth-order valence-corrected chi connectivity index (χ4v) is 5.24. The molecule has 0 bridgehead atoms. The van der Waals surface area contributed by atoms with Crippen molar-refractivity contribution < 1.29 is 4.79 Å². The van der Waals surface area contributed by atoms with Gasteiger partial charge in [0.25, 0.3) is 0 Å². The molecule has 3 saturated heterocycles. The third kappa shape index (κ3) is 5.10. The van der Waals surface area contributed by atoms with Crippen molar-refractivity contribution in [3.63, 3.8) is 0 Å². The second-order valence-corrected chi connectivity index (χ2v) is 8.77. The Morgan fingerprint density at radius 1 is 1.22 bits per heavy atom. The molecule has 0 saturated carbocycles. The Labute approximate surface area is 145 Å². The highest BCUT2D eigenvalue weighted by molar-refractivity contribution is 7.99. The Morgan fingerprint density at radius 3 is 2.91 bits per heavy atom. The van der Waals surface area contributed by atoms with Crippen LogP contribution in [0.4, 0.5) is 0 Å². The Hall–Kier alpha value is -0.260. The lowest BCUT2D eigenvalue weighted by molar-refractivity contribution is -0.133. The van der Waals surface area contributed by atoms with E-state index in [-0.39, 0.29) is 0 Å². The average Bonchev–Trinajstić information content (AvgIpc) is 2.58. The third-order valence-electron chi connectivity index (χ3n) is 5.72. The first-order chi connectivity index (χ1) is 11.2. The summed E-state index contributed by atoms with van der Waals surface area (Å²) < 4.78 is 0. The normalized spacial score (nSPS) is 33.6. The van der Waals surface area contributed by atoms with Gasteiger partial charge in [-0.3, -0.25) is 4.79 Å². The number of piperidine rings is 2. The van der Waals surface area contributed by atoms with Crippen LogP contribution in [0.5, 0.6) is 0 Å². The summed E-state index contributed by atoms with van der Waals surface area (Å²) in [6.07, 6.45) is 7.26. The summed E-state index contributed by atoms with van der Waals surface area (Å²) >= 11 is 1.98. The highest BCUT2D eigenvalue weighted by Crippen LogP contribution is 2.23. The molecule has 3 unspecified atom stereocenters. The number of likely N-dealkylation sites (tertiary alicyclic amines) is 2. The van der Waals surface area contributed by atoms with Crippen molar-refractivity contribution in [1.29, 1.82) is 0 Å². The van der Waals surface area contributed by atoms with Gasteiger partial charge in [-0.15, -0.1) is 0 Å². The Balaban J connectivity index is 1.46. The quantitative estimate of drug-likeness (QED) is 0.852. The summed E-state index contributed by atoms with van der Waals surface area (Å²) in [6.45, 7) is 7.85. The van der Waals surface area contributed by atoms with Crippen molar-refractivity contribution in [3.05, 3.63) is 0 Å². The first-order valence-corrected chi connectivity index (χ1v) is 10.7. The van der Waals surface area contributed by atoms with Gasteiger partial charge in [-0.25, -0.2) is 0 Å². The first kappa shape index (κ1) is 17.6. The molecule has 3 atom stereocenters. The monoisotopic (exact) mass is 339 g/mol. The SMILES string of the molecule is CC1CCCCN1CC1CCCN(C(=O)CC2CSCCN2)C1. The second kappa shape index (κ2) is 8.72. The molecule has 0 aromatic rings. The Bertz CT molecular complexity index is 386. The molecule has 0 radical (unpaired) electrons. The van der Waals surface area contributed by atoms with E-state index in [0.29, 0.717) is 24.3 Å². The van der Waals surface area contributed by atoms with Gasteiger partial charge < -0.3 is 15.1 Å². The van der Waals surface area contributed by atoms with Crippen molar-refractivity contribution in [2.24, 2.45) is 5.92 Å². The summed E-state index contributed by atoms with van der Waals surface area (Å²) in [4.78, 5) is 17.5. The maximum atomic E-state index is 12.6. The van der Waals surface area contributed by atoms with Crippen molar-refractivity contribution in [2.45, 2.75) is 57.5 Å². The number of nitrogens with zero attached hydrogens (tertiary/aromatic N) is 2. The number of hydrogen-bond donors (Lipinski definition) is 1. The van der Waals surface area contributed by atoms with E-state index in [1.807, 2.05) is 11.8 Å². The van der Waals surface area contributed by atoms with Crippen molar-refractivity contribution in [3.8, 4) is 0 Å². The summed E-state index contributed by atoms with van der Waals surface area (Å²) in [6, 6.07) is 1.13. The van der Waals surface area contributed by atoms with E-state index in [0.717, 1.165) is 31.4 Å². The molecule has 0 aromatic carbocycles. The minimum absolute atomic E-state index is 0.376. The minimum Gasteiger partial charge on any atom is -0.342 e. The minimum atomic E-state index is 0.376. The van der Waals surface area contributed by atoms with E-state index in [1.54, 1.807) is 0 Å². The predicted molar refractivity (Wildman–Crippen MR) is 97.9 cm³/mol. The van der Waals surface area contributed by atoms with Crippen LogP contribution >= 0.6 is 11.8 Å². The van der Waals surface area contributed by atoms with Gasteiger partial charge >= 0.3 is 0 Å². The number of carbonyl (C=O) groups excluding carboxylic acids is 1. The molecule has 23 heavy (non-hydrogen) atoms. The van der Waals surface area contributed by atoms with Crippen LogP contribution in [-0.2, 0) is 4.79 Å². The molecule has 132 valence electrons. The predicted octanol–water partition coefficient (Wildman–Crippen LogP) is 2.19. The van der Waals surface area contributed by atoms with E-state index in [1.165, 1.54) is 50.9 Å². The van der Waals surface area contributed by atoms with E-state index in [4.69, 9.17) is 0 Å². The molecule has 5 heteroatoms. The molecule has 0 spiro atoms. The summed E-state index contributed by atoms with van der Waals surface area (Å²) in [7, 11) is 0. The largest absolute Gasteiger partial charge is 0.342 e. The maximum absolute atomic E-state index is 12.6. The molecule has 3 heterocycles. The molecule has 1 amide bonds. The summed E-state index contributed by atoms with van der Waals surface area (Å²) in [5, 5.41) is 3.50. The second-order valence-electron chi connectivity index (χ2n) is 7.62. The zero-order chi connectivity index (χ0) is 16.1. The van der Waals surface area contributed by atoms with Crippen LogP contribution in [0.3, 0.4) is 0 Å². The summed E-state index contributed by atoms with van der Waals surface area (Å²) in [5.74, 6) is 3.34. The molecular formula is C18H33N3OS. The van der Waals surface area contributed by atoms with Gasteiger partial charge in [0.15, 0.2) is 0 Å². The molecule has 0 aliphatic carbocycles. The van der Waals surface area contributed by atoms with Crippen molar-refractivity contribution in [1.82, 2.24) is 15.1 Å². The molecule has 3 rings (SSSR count). The smallest absolute Gasteiger partial charge is 0.224 e. The molecule has 0 aromatic heterocycles. The van der Waals surface area contributed by atoms with Crippen LogP contribution in [0.2, 0.25) is 0 Å². The zero-order valence-corrected chi connectivity index (χ0v) is 15.5. The lowest BCUT2D eigenvalue weighted by Crippen LogP contribution is -2.48. The average molecular weight is 340 g/mol. The molecular weight excluding hydrogens is 306 g/mol. The summed E-state index contributed by atoms with van der Waals surface area (Å²) in [5.41, 5.74) is 0. The van der Waals surface area contributed by atoms with Crippen LogP contribution in [0.15, 0.2) is 0 Å². The number of rotatable bonds is 4. The zero-order valence-electron chi connectivity index (χ0n) is 14.6. The van der Waals surface area contributed by atoms with Gasteiger partial charge in [0.05, 0.1) is 0 Å². The number of carbonyl (C=O) groups is 1. The molecule has 3 aliphatic heterocycles. The fourth-order valence-electron chi connectivity index (χ4n) is 4.29. The van der Waals surface area contributed by atoms with Gasteiger partial charge in [-0.2, -0.15) is 11.8 Å². The van der Waals surface area contributed by atoms with Gasteiger partial charge in [-0.05, 0) is 45.1 Å². The maximum Gasteiger partial charge on any atom is 0.224 e. The Kier molecular flexibility index (Phi) is 6.66. The van der Waals surface area contributed by atoms with Crippen molar-refractivity contribution in [2.75, 3.05) is 44.2 Å². The molecule has 3 fully saturated rings. The number of amides is 1. The fraction of sp³-hybridized carbons (Fsp3) is 0.944. The molecule has 4 nitrogen and oxygen atoms in total. The standard InChI is InChI=1S/C18H33N3OS/c1-15-5-2-3-8-20(15)12-16-6-4-9-21(13-16)18(22)11-17-14-23-10-7-19-17/h15-17,19H,2-14H2,1H3. The topological polar surface area (TPSA) is 35.6 Å². The van der Waals surface area contributed by atoms with Gasteiger partial charge in [0.1, 0.15) is 0 Å². The highest BCUT2D eigenvalue weighted by atomic mass is 32.2. The van der Waals surface area contributed by atoms with E-state index in [2.05, 4.69) is 22.0 Å². The highest BCUT2D eigenvalue weighted by Gasteiger charge is 2.28. The van der Waals surface area contributed by atoms with Crippen LogP contribution < -0.4 is 5.32 Å². The lowest BCUT2D eigenvalue weighted by atomic mass is 9.94. The molecule has 3 aliphatic rings. The first-order valence-electron chi connectivity index (χ1n) is 9.55. The van der Waals surface area contributed by atoms with Crippen LogP contribution in [0.25, 0.3) is 0 Å². The third-order valence-corrected chi connectivity index (χ3v) is 6.86. The van der Waals surface area contributed by atoms with E-state index >= 15 is 0 Å². The molecule has 1 N–H and O–H groups in total. The van der Waals surface area contributed by atoms with Crippen LogP contribution in [0.1, 0.15) is 45.4 Å². The van der Waals surface area contributed by atoms with Gasteiger partial charge in [-0.1, -0.05) is 6.42 Å². The number of thioether (sulfide) groups is 1. The van der Waals surface area contributed by atoms with Crippen LogP contribution in [0, 0.1) is 5.92 Å².